The van der Waals surface area contributed by atoms with E-state index in [9.17, 15) is 18.4 Å². The van der Waals surface area contributed by atoms with Gasteiger partial charge in [-0.15, -0.1) is 0 Å². The van der Waals surface area contributed by atoms with E-state index in [1.54, 1.807) is 13.0 Å². The third-order valence-electron chi connectivity index (χ3n) is 4.86. The van der Waals surface area contributed by atoms with Gasteiger partial charge in [-0.2, -0.15) is 8.78 Å². The van der Waals surface area contributed by atoms with Gasteiger partial charge >= 0.3 is 6.61 Å². The molecule has 0 radical (unpaired) electrons. The van der Waals surface area contributed by atoms with Crippen molar-refractivity contribution in [2.24, 2.45) is 11.8 Å². The zero-order valence-electron chi connectivity index (χ0n) is 12.4. The van der Waals surface area contributed by atoms with Crippen LogP contribution in [0.3, 0.4) is 0 Å². The molecule has 2 bridgehead atoms. The number of hydrogen-bond acceptors (Lipinski definition) is 4. The maximum atomic E-state index is 12.7. The first kappa shape index (κ1) is 14.6. The average Bonchev–Trinajstić information content (AvgIpc) is 3.14. The second kappa shape index (κ2) is 4.99. The van der Waals surface area contributed by atoms with Crippen LogP contribution in [0.1, 0.15) is 18.4 Å². The molecule has 4 atom stereocenters. The summed E-state index contributed by atoms with van der Waals surface area (Å²) in [7, 11) is 0. The van der Waals surface area contributed by atoms with E-state index < -0.39 is 18.4 Å². The molecule has 4 rings (SSSR count). The van der Waals surface area contributed by atoms with E-state index in [1.807, 2.05) is 0 Å². The summed E-state index contributed by atoms with van der Waals surface area (Å²) in [5.74, 6) is -1.91. The van der Waals surface area contributed by atoms with Gasteiger partial charge in [0.1, 0.15) is 0 Å². The standard InChI is InChI=1S/C16H15F2NO4/c1-7-2-3-8(11(6-7)23-16(17)18)19-14(20)12-9-4-5-10(22-9)13(12)15(19)21/h2-3,6,9-10,12-13,16H,4-5H2,1H3/t9-,10-,12-,13+/m1/s1. The number of hydrogen-bond donors (Lipinski definition) is 0. The Morgan fingerprint density at radius 3 is 2.35 bits per heavy atom. The van der Waals surface area contributed by atoms with Gasteiger partial charge in [0, 0.05) is 0 Å². The topological polar surface area (TPSA) is 55.8 Å². The number of amides is 2. The van der Waals surface area contributed by atoms with Crippen LogP contribution in [0.15, 0.2) is 18.2 Å². The molecule has 0 spiro atoms. The third-order valence-corrected chi connectivity index (χ3v) is 4.86. The Morgan fingerprint density at radius 1 is 1.17 bits per heavy atom. The number of benzene rings is 1. The van der Waals surface area contributed by atoms with Gasteiger partial charge in [0.25, 0.3) is 0 Å². The minimum atomic E-state index is -3.03. The molecule has 3 aliphatic rings. The van der Waals surface area contributed by atoms with Gasteiger partial charge in [-0.05, 0) is 37.5 Å². The molecule has 0 aliphatic carbocycles. The highest BCUT2D eigenvalue weighted by molar-refractivity contribution is 6.23. The number of anilines is 1. The van der Waals surface area contributed by atoms with E-state index in [1.165, 1.54) is 12.1 Å². The van der Waals surface area contributed by atoms with E-state index in [2.05, 4.69) is 4.74 Å². The Kier molecular flexibility index (Phi) is 3.16. The predicted octanol–water partition coefficient (Wildman–Crippen LogP) is 2.26. The number of rotatable bonds is 3. The van der Waals surface area contributed by atoms with Crippen LogP contribution < -0.4 is 9.64 Å². The van der Waals surface area contributed by atoms with Gasteiger partial charge in [0.05, 0.1) is 29.7 Å². The normalized spacial score (nSPS) is 32.1. The van der Waals surface area contributed by atoms with Crippen LogP contribution >= 0.6 is 0 Å². The molecule has 1 aromatic rings. The Morgan fingerprint density at radius 2 is 1.78 bits per heavy atom. The van der Waals surface area contributed by atoms with Gasteiger partial charge in [-0.1, -0.05) is 6.07 Å². The summed E-state index contributed by atoms with van der Waals surface area (Å²) < 4.78 is 35.5. The van der Waals surface area contributed by atoms with E-state index >= 15 is 0 Å². The predicted molar refractivity (Wildman–Crippen MR) is 75.2 cm³/mol. The number of nitrogens with zero attached hydrogens (tertiary/aromatic N) is 1. The fourth-order valence-corrected chi connectivity index (χ4v) is 3.95. The zero-order valence-corrected chi connectivity index (χ0v) is 12.4. The van der Waals surface area contributed by atoms with Crippen molar-refractivity contribution in [2.45, 2.75) is 38.6 Å². The summed E-state index contributed by atoms with van der Waals surface area (Å²) in [6.07, 6.45) is 1.03. The van der Waals surface area contributed by atoms with Crippen LogP contribution in [-0.4, -0.2) is 30.6 Å². The fraction of sp³-hybridized carbons (Fsp3) is 0.500. The lowest BCUT2D eigenvalue weighted by Gasteiger charge is -2.20. The molecule has 5 nitrogen and oxygen atoms in total. The highest BCUT2D eigenvalue weighted by Gasteiger charge is 2.62. The number of carbonyl (C=O) groups excluding carboxylic acids is 2. The third kappa shape index (κ3) is 2.06. The Hall–Kier alpha value is -2.02. The molecule has 23 heavy (non-hydrogen) atoms. The van der Waals surface area contributed by atoms with E-state index in [0.29, 0.717) is 5.56 Å². The van der Waals surface area contributed by atoms with Crippen LogP contribution in [0.4, 0.5) is 14.5 Å². The van der Waals surface area contributed by atoms with E-state index in [0.717, 1.165) is 17.7 Å². The molecule has 1 aromatic carbocycles. The van der Waals surface area contributed by atoms with Crippen LogP contribution in [0.5, 0.6) is 5.75 Å². The maximum absolute atomic E-state index is 12.7. The lowest BCUT2D eigenvalue weighted by atomic mass is 9.81. The van der Waals surface area contributed by atoms with Crippen LogP contribution in [0, 0.1) is 18.8 Å². The molecule has 3 saturated heterocycles. The zero-order chi connectivity index (χ0) is 16.3. The Balaban J connectivity index is 1.74. The number of carbonyl (C=O) groups is 2. The van der Waals surface area contributed by atoms with Crippen molar-refractivity contribution in [1.82, 2.24) is 0 Å². The minimum absolute atomic E-state index is 0.0831. The van der Waals surface area contributed by atoms with Crippen molar-refractivity contribution in [3.05, 3.63) is 23.8 Å². The molecular weight excluding hydrogens is 308 g/mol. The fourth-order valence-electron chi connectivity index (χ4n) is 3.95. The van der Waals surface area contributed by atoms with Crippen molar-refractivity contribution in [3.8, 4) is 5.75 Å². The molecular formula is C16H15F2NO4. The van der Waals surface area contributed by atoms with Crippen molar-refractivity contribution >= 4 is 17.5 Å². The van der Waals surface area contributed by atoms with Crippen LogP contribution in [0.2, 0.25) is 0 Å². The molecule has 3 fully saturated rings. The minimum Gasteiger partial charge on any atom is -0.433 e. The number of fused-ring (bicyclic) bond motifs is 5. The van der Waals surface area contributed by atoms with Crippen LogP contribution in [0.25, 0.3) is 0 Å². The molecule has 0 aromatic heterocycles. The monoisotopic (exact) mass is 323 g/mol. The summed E-state index contributed by atoms with van der Waals surface area (Å²) in [5, 5.41) is 0. The van der Waals surface area contributed by atoms with E-state index in [4.69, 9.17) is 4.74 Å². The number of halogens is 2. The first-order valence-electron chi connectivity index (χ1n) is 7.56. The number of aryl methyl sites for hydroxylation is 1. The molecule has 0 N–H and O–H groups in total. The van der Waals surface area contributed by atoms with Gasteiger partial charge in [-0.25, -0.2) is 4.90 Å². The van der Waals surface area contributed by atoms with E-state index in [-0.39, 0.29) is 35.5 Å². The molecule has 0 saturated carbocycles. The van der Waals surface area contributed by atoms with Gasteiger partial charge < -0.3 is 9.47 Å². The summed E-state index contributed by atoms with van der Waals surface area (Å²) >= 11 is 0. The summed E-state index contributed by atoms with van der Waals surface area (Å²) in [6.45, 7) is -1.30. The first-order chi connectivity index (χ1) is 11.0. The average molecular weight is 323 g/mol. The first-order valence-corrected chi connectivity index (χ1v) is 7.56. The molecule has 0 unspecified atom stereocenters. The molecule has 3 heterocycles. The Bertz CT molecular complexity index is 665. The largest absolute Gasteiger partial charge is 0.433 e. The van der Waals surface area contributed by atoms with Crippen LogP contribution in [-0.2, 0) is 14.3 Å². The summed E-state index contributed by atoms with van der Waals surface area (Å²) in [5.41, 5.74) is 0.784. The smallest absolute Gasteiger partial charge is 0.387 e. The quantitative estimate of drug-likeness (QED) is 0.801. The second-order valence-electron chi connectivity index (χ2n) is 6.20. The van der Waals surface area contributed by atoms with Crippen molar-refractivity contribution in [1.29, 1.82) is 0 Å². The van der Waals surface area contributed by atoms with Gasteiger partial charge in [0.15, 0.2) is 5.75 Å². The molecule has 122 valence electrons. The maximum Gasteiger partial charge on any atom is 0.387 e. The molecule has 2 amide bonds. The lowest BCUT2D eigenvalue weighted by Crippen LogP contribution is -2.34. The molecule has 7 heteroatoms. The van der Waals surface area contributed by atoms with Crippen molar-refractivity contribution < 1.29 is 27.8 Å². The SMILES string of the molecule is Cc1ccc(N2C(=O)[C@@H]3[C@H](C2=O)[C@H]2CC[C@H]3O2)c(OC(F)F)c1. The van der Waals surface area contributed by atoms with Gasteiger partial charge in [-0.3, -0.25) is 9.59 Å². The summed E-state index contributed by atoms with van der Waals surface area (Å²) in [4.78, 5) is 26.4. The highest BCUT2D eigenvalue weighted by atomic mass is 19.3. The van der Waals surface area contributed by atoms with Crippen molar-refractivity contribution in [2.75, 3.05) is 4.90 Å². The number of alkyl halides is 2. The second-order valence-corrected chi connectivity index (χ2v) is 6.20. The van der Waals surface area contributed by atoms with Gasteiger partial charge in [0.2, 0.25) is 11.8 Å². The number of ether oxygens (including phenoxy) is 2. The lowest BCUT2D eigenvalue weighted by molar-refractivity contribution is -0.125. The highest BCUT2D eigenvalue weighted by Crippen LogP contribution is 2.50. The Labute approximate surface area is 131 Å². The number of imide groups is 1. The van der Waals surface area contributed by atoms with Crippen molar-refractivity contribution in [3.63, 3.8) is 0 Å². The summed E-state index contributed by atoms with van der Waals surface area (Å²) in [6, 6.07) is 4.54. The molecule has 3 aliphatic heterocycles.